The molecule has 0 aliphatic carbocycles. The molecule has 0 spiro atoms. The van der Waals surface area contributed by atoms with Gasteiger partial charge in [0.2, 0.25) is 0 Å². The lowest BCUT2D eigenvalue weighted by atomic mass is 9.89. The monoisotopic (exact) mass is 438 g/mol. The lowest BCUT2D eigenvalue weighted by molar-refractivity contribution is 0.0813. The third kappa shape index (κ3) is 5.57. The molecule has 8 heteroatoms. The normalized spacial score (nSPS) is 15.0. The van der Waals surface area contributed by atoms with Gasteiger partial charge in [0.05, 0.1) is 11.0 Å². The lowest BCUT2D eigenvalue weighted by Crippen LogP contribution is -2.38. The summed E-state index contributed by atoms with van der Waals surface area (Å²) < 4.78 is 5.31. The Labute approximate surface area is 185 Å². The van der Waals surface area contributed by atoms with Crippen LogP contribution in [0.25, 0.3) is 11.0 Å². The van der Waals surface area contributed by atoms with Gasteiger partial charge in [-0.05, 0) is 68.4 Å². The standard InChI is InChI=1S/C23H23ClN4O3/c24-18-3-1-16(2-4-18)22(29)17-7-11-28(12-8-17)13-14-31-23(30)27-19-5-6-20-21(15-19)26-10-9-25-20/h1-6,9-10,15,17H,7-8,11-14H2,(H,27,30). The molecule has 0 bridgehead atoms. The number of fused-ring (bicyclic) bond motifs is 1. The highest BCUT2D eigenvalue weighted by Crippen LogP contribution is 2.22. The second kappa shape index (κ2) is 9.85. The van der Waals surface area contributed by atoms with E-state index < -0.39 is 6.09 Å². The van der Waals surface area contributed by atoms with E-state index >= 15 is 0 Å². The quantitative estimate of drug-likeness (QED) is 0.573. The van der Waals surface area contributed by atoms with E-state index in [-0.39, 0.29) is 18.3 Å². The summed E-state index contributed by atoms with van der Waals surface area (Å²) in [5, 5.41) is 3.34. The zero-order valence-corrected chi connectivity index (χ0v) is 17.7. The molecule has 0 atom stereocenters. The van der Waals surface area contributed by atoms with Gasteiger partial charge >= 0.3 is 6.09 Å². The number of Topliss-reactive ketones (excluding diaryl/α,β-unsaturated/α-hetero) is 1. The van der Waals surface area contributed by atoms with Crippen LogP contribution in [-0.4, -0.2) is 53.0 Å². The number of amides is 1. The van der Waals surface area contributed by atoms with Crippen LogP contribution in [0, 0.1) is 5.92 Å². The van der Waals surface area contributed by atoms with E-state index in [0.29, 0.717) is 28.3 Å². The number of aromatic nitrogens is 2. The summed E-state index contributed by atoms with van der Waals surface area (Å²) in [7, 11) is 0. The van der Waals surface area contributed by atoms with E-state index in [4.69, 9.17) is 16.3 Å². The first-order valence-corrected chi connectivity index (χ1v) is 10.6. The van der Waals surface area contributed by atoms with Gasteiger partial charge in [0.1, 0.15) is 6.61 Å². The lowest BCUT2D eigenvalue weighted by Gasteiger charge is -2.31. The predicted molar refractivity (Wildman–Crippen MR) is 119 cm³/mol. The van der Waals surface area contributed by atoms with Crippen molar-refractivity contribution in [1.29, 1.82) is 0 Å². The smallest absolute Gasteiger partial charge is 0.411 e. The van der Waals surface area contributed by atoms with E-state index in [1.807, 2.05) is 0 Å². The Morgan fingerprint density at radius 1 is 1.03 bits per heavy atom. The molecule has 4 rings (SSSR count). The summed E-state index contributed by atoms with van der Waals surface area (Å²) >= 11 is 5.90. The molecular formula is C23H23ClN4O3. The van der Waals surface area contributed by atoms with Crippen LogP contribution in [0.5, 0.6) is 0 Å². The van der Waals surface area contributed by atoms with E-state index in [0.717, 1.165) is 31.4 Å². The van der Waals surface area contributed by atoms with Gasteiger partial charge in [-0.25, -0.2) is 4.79 Å². The summed E-state index contributed by atoms with van der Waals surface area (Å²) in [4.78, 5) is 35.3. The van der Waals surface area contributed by atoms with Gasteiger partial charge in [-0.15, -0.1) is 0 Å². The number of rotatable bonds is 6. The van der Waals surface area contributed by atoms with Gasteiger partial charge < -0.3 is 4.74 Å². The largest absolute Gasteiger partial charge is 0.448 e. The Morgan fingerprint density at radius 2 is 1.74 bits per heavy atom. The maximum atomic E-state index is 12.6. The van der Waals surface area contributed by atoms with Crippen molar-refractivity contribution in [3.63, 3.8) is 0 Å². The fraction of sp³-hybridized carbons (Fsp3) is 0.304. The number of piperidine rings is 1. The second-order valence-electron chi connectivity index (χ2n) is 7.51. The van der Waals surface area contributed by atoms with Gasteiger partial charge in [0.15, 0.2) is 5.78 Å². The maximum Gasteiger partial charge on any atom is 0.411 e. The Morgan fingerprint density at radius 3 is 2.48 bits per heavy atom. The van der Waals surface area contributed by atoms with Crippen LogP contribution >= 0.6 is 11.6 Å². The number of hydrogen-bond donors (Lipinski definition) is 1. The molecule has 1 saturated heterocycles. The molecule has 3 aromatic rings. The summed E-state index contributed by atoms with van der Waals surface area (Å²) in [6.45, 7) is 2.53. The highest BCUT2D eigenvalue weighted by atomic mass is 35.5. The van der Waals surface area contributed by atoms with Gasteiger partial charge in [-0.3, -0.25) is 25.0 Å². The molecule has 7 nitrogen and oxygen atoms in total. The fourth-order valence-corrected chi connectivity index (χ4v) is 3.86. The molecule has 0 saturated carbocycles. The Hall–Kier alpha value is -3.03. The molecule has 1 fully saturated rings. The van der Waals surface area contributed by atoms with E-state index in [2.05, 4.69) is 20.2 Å². The van der Waals surface area contributed by atoms with Crippen LogP contribution in [0.4, 0.5) is 10.5 Å². The van der Waals surface area contributed by atoms with E-state index in [9.17, 15) is 9.59 Å². The molecule has 2 aromatic carbocycles. The van der Waals surface area contributed by atoms with Crippen molar-refractivity contribution in [3.05, 3.63) is 65.4 Å². The van der Waals surface area contributed by atoms with Crippen molar-refractivity contribution in [1.82, 2.24) is 14.9 Å². The summed E-state index contributed by atoms with van der Waals surface area (Å²) in [6.07, 6.45) is 4.32. The number of ketones is 1. The van der Waals surface area contributed by atoms with Crippen molar-refractivity contribution in [2.45, 2.75) is 12.8 Å². The highest BCUT2D eigenvalue weighted by molar-refractivity contribution is 6.30. The number of anilines is 1. The van der Waals surface area contributed by atoms with Gasteiger partial charge in [-0.2, -0.15) is 0 Å². The molecule has 2 heterocycles. The number of hydrogen-bond acceptors (Lipinski definition) is 6. The third-order valence-corrected chi connectivity index (χ3v) is 5.70. The molecule has 0 unspecified atom stereocenters. The minimum Gasteiger partial charge on any atom is -0.448 e. The van der Waals surface area contributed by atoms with Crippen LogP contribution in [0.2, 0.25) is 5.02 Å². The topological polar surface area (TPSA) is 84.4 Å². The zero-order valence-electron chi connectivity index (χ0n) is 17.0. The second-order valence-corrected chi connectivity index (χ2v) is 7.94. The van der Waals surface area contributed by atoms with Crippen LogP contribution in [-0.2, 0) is 4.74 Å². The minimum absolute atomic E-state index is 0.0256. The average molecular weight is 439 g/mol. The number of nitrogens with zero attached hydrogens (tertiary/aromatic N) is 3. The van der Waals surface area contributed by atoms with E-state index in [1.165, 1.54) is 0 Å². The summed E-state index contributed by atoms with van der Waals surface area (Å²) in [5.41, 5.74) is 2.79. The molecule has 1 N–H and O–H groups in total. The zero-order chi connectivity index (χ0) is 21.6. The summed E-state index contributed by atoms with van der Waals surface area (Å²) in [5.74, 6) is 0.199. The highest BCUT2D eigenvalue weighted by Gasteiger charge is 2.25. The number of ether oxygens (including phenoxy) is 1. The Bertz CT molecular complexity index is 1070. The molecule has 160 valence electrons. The predicted octanol–water partition coefficient (Wildman–Crippen LogP) is 4.43. The van der Waals surface area contributed by atoms with E-state index in [1.54, 1.807) is 54.9 Å². The maximum absolute atomic E-state index is 12.6. The molecule has 1 aliphatic rings. The van der Waals surface area contributed by atoms with Crippen LogP contribution in [0.15, 0.2) is 54.9 Å². The number of benzene rings is 2. The van der Waals surface area contributed by atoms with Gasteiger partial charge in [0, 0.05) is 41.1 Å². The molecule has 31 heavy (non-hydrogen) atoms. The van der Waals surface area contributed by atoms with Gasteiger partial charge in [-0.1, -0.05) is 11.6 Å². The van der Waals surface area contributed by atoms with Crippen LogP contribution in [0.1, 0.15) is 23.2 Å². The first-order valence-electron chi connectivity index (χ1n) is 10.3. The first kappa shape index (κ1) is 21.2. The van der Waals surface area contributed by atoms with Crippen LogP contribution in [0.3, 0.4) is 0 Å². The van der Waals surface area contributed by atoms with Gasteiger partial charge in [0.25, 0.3) is 0 Å². The van der Waals surface area contributed by atoms with Crippen molar-refractivity contribution in [2.75, 3.05) is 31.6 Å². The first-order chi connectivity index (χ1) is 15.1. The molecule has 1 aromatic heterocycles. The fourth-order valence-electron chi connectivity index (χ4n) is 3.73. The number of likely N-dealkylation sites (tertiary alicyclic amines) is 1. The minimum atomic E-state index is -0.504. The van der Waals surface area contributed by atoms with Crippen LogP contribution < -0.4 is 5.32 Å². The van der Waals surface area contributed by atoms with Crippen molar-refractivity contribution in [3.8, 4) is 0 Å². The Balaban J connectivity index is 1.18. The number of halogens is 1. The Kier molecular flexibility index (Phi) is 6.74. The molecule has 1 aliphatic heterocycles. The average Bonchev–Trinajstić information content (AvgIpc) is 2.79. The molecule has 1 amide bonds. The summed E-state index contributed by atoms with van der Waals surface area (Å²) in [6, 6.07) is 12.4. The number of carbonyl (C=O) groups excluding carboxylic acids is 2. The number of carbonyl (C=O) groups is 2. The van der Waals surface area contributed by atoms with Crippen molar-refractivity contribution in [2.24, 2.45) is 5.92 Å². The molecule has 0 radical (unpaired) electrons. The number of nitrogens with one attached hydrogen (secondary N) is 1. The molecular weight excluding hydrogens is 416 g/mol. The van der Waals surface area contributed by atoms with Crippen molar-refractivity contribution < 1.29 is 14.3 Å². The third-order valence-electron chi connectivity index (χ3n) is 5.44. The van der Waals surface area contributed by atoms with Crippen molar-refractivity contribution >= 4 is 40.2 Å². The SMILES string of the molecule is O=C(Nc1ccc2nccnc2c1)OCCN1CCC(C(=O)c2ccc(Cl)cc2)CC1.